The lowest BCUT2D eigenvalue weighted by atomic mass is 10.0. The lowest BCUT2D eigenvalue weighted by Crippen LogP contribution is -2.55. The van der Waals surface area contributed by atoms with Crippen molar-refractivity contribution in [3.05, 3.63) is 35.5 Å². The molecule has 1 fully saturated rings. The molecule has 2 atom stereocenters. The molecule has 5 heteroatoms. The van der Waals surface area contributed by atoms with Gasteiger partial charge in [0.1, 0.15) is 5.75 Å². The molecule has 2 heterocycles. The fourth-order valence-corrected chi connectivity index (χ4v) is 3.30. The number of hydrogen-bond donors (Lipinski definition) is 1. The number of pyridine rings is 1. The number of carbonyl (C=O) groups is 1. The second kappa shape index (κ2) is 6.16. The van der Waals surface area contributed by atoms with E-state index in [1.54, 1.807) is 7.11 Å². The molecule has 1 aliphatic heterocycles. The summed E-state index contributed by atoms with van der Waals surface area (Å²) in [6.07, 6.45) is 0. The summed E-state index contributed by atoms with van der Waals surface area (Å²) in [5, 5.41) is 4.30. The zero-order chi connectivity index (χ0) is 16.6. The molecule has 0 spiro atoms. The first kappa shape index (κ1) is 15.7. The van der Waals surface area contributed by atoms with Crippen LogP contribution in [0.2, 0.25) is 0 Å². The van der Waals surface area contributed by atoms with E-state index in [2.05, 4.69) is 24.1 Å². The van der Waals surface area contributed by atoms with Crippen LogP contribution in [-0.2, 0) is 0 Å². The van der Waals surface area contributed by atoms with Crippen molar-refractivity contribution >= 4 is 16.8 Å². The van der Waals surface area contributed by atoms with Crippen LogP contribution in [0.5, 0.6) is 5.75 Å². The third-order valence-corrected chi connectivity index (χ3v) is 4.22. The molecule has 1 saturated heterocycles. The van der Waals surface area contributed by atoms with E-state index in [-0.39, 0.29) is 5.91 Å². The van der Waals surface area contributed by atoms with Gasteiger partial charge in [0.05, 0.1) is 18.2 Å². The maximum absolute atomic E-state index is 13.1. The van der Waals surface area contributed by atoms with Gasteiger partial charge in [0, 0.05) is 36.3 Å². The van der Waals surface area contributed by atoms with Crippen molar-refractivity contribution in [2.24, 2.45) is 0 Å². The Kier molecular flexibility index (Phi) is 4.22. The number of methoxy groups -OCH3 is 1. The Balaban J connectivity index is 2.05. The third-order valence-electron chi connectivity index (χ3n) is 4.22. The van der Waals surface area contributed by atoms with Crippen LogP contribution in [0.4, 0.5) is 0 Å². The number of aromatic nitrogens is 1. The van der Waals surface area contributed by atoms with Gasteiger partial charge in [0.2, 0.25) is 0 Å². The number of amides is 1. The van der Waals surface area contributed by atoms with Crippen molar-refractivity contribution < 1.29 is 9.53 Å². The predicted molar refractivity (Wildman–Crippen MR) is 91.0 cm³/mol. The van der Waals surface area contributed by atoms with E-state index in [4.69, 9.17) is 4.74 Å². The number of piperazine rings is 1. The molecular weight excluding hydrogens is 290 g/mol. The minimum absolute atomic E-state index is 0.0638. The number of hydrogen-bond acceptors (Lipinski definition) is 4. The number of rotatable bonds is 2. The molecule has 2 aromatic rings. The van der Waals surface area contributed by atoms with E-state index in [1.807, 2.05) is 36.1 Å². The summed E-state index contributed by atoms with van der Waals surface area (Å²) >= 11 is 0. The van der Waals surface area contributed by atoms with Gasteiger partial charge < -0.3 is 15.0 Å². The Morgan fingerprint density at radius 2 is 1.96 bits per heavy atom. The van der Waals surface area contributed by atoms with Gasteiger partial charge in [-0.05, 0) is 45.0 Å². The highest BCUT2D eigenvalue weighted by atomic mass is 16.5. The van der Waals surface area contributed by atoms with Gasteiger partial charge in [0.25, 0.3) is 5.91 Å². The SMILES string of the molecule is COc1ccc2nc(C)cc(C(=O)N3CC(C)NC(C)C3)c2c1. The van der Waals surface area contributed by atoms with Crippen LogP contribution in [0.3, 0.4) is 0 Å². The lowest BCUT2D eigenvalue weighted by molar-refractivity contribution is 0.0675. The summed E-state index contributed by atoms with van der Waals surface area (Å²) in [6.45, 7) is 7.57. The Hall–Kier alpha value is -2.14. The molecule has 1 aromatic carbocycles. The first-order valence-electron chi connectivity index (χ1n) is 7.98. The summed E-state index contributed by atoms with van der Waals surface area (Å²) in [4.78, 5) is 19.5. The number of nitrogens with one attached hydrogen (secondary N) is 1. The largest absolute Gasteiger partial charge is 0.497 e. The molecule has 1 aromatic heterocycles. The molecule has 1 amide bonds. The Morgan fingerprint density at radius 1 is 1.26 bits per heavy atom. The van der Waals surface area contributed by atoms with Crippen LogP contribution < -0.4 is 10.1 Å². The van der Waals surface area contributed by atoms with Crippen molar-refractivity contribution in [2.45, 2.75) is 32.9 Å². The van der Waals surface area contributed by atoms with Gasteiger partial charge >= 0.3 is 0 Å². The third kappa shape index (κ3) is 3.15. The standard InChI is InChI=1S/C18H23N3O2/c1-11-7-16(15-8-14(23-4)5-6-17(15)20-11)18(22)21-9-12(2)19-13(3)10-21/h5-8,12-13,19H,9-10H2,1-4H3. The number of carbonyl (C=O) groups excluding carboxylic acids is 1. The molecule has 23 heavy (non-hydrogen) atoms. The maximum atomic E-state index is 13.1. The van der Waals surface area contributed by atoms with E-state index in [1.165, 1.54) is 0 Å². The van der Waals surface area contributed by atoms with E-state index in [9.17, 15) is 4.79 Å². The zero-order valence-electron chi connectivity index (χ0n) is 14.1. The molecule has 0 radical (unpaired) electrons. The predicted octanol–water partition coefficient (Wildman–Crippen LogP) is 2.37. The van der Waals surface area contributed by atoms with Crippen molar-refractivity contribution in [1.29, 1.82) is 0 Å². The highest BCUT2D eigenvalue weighted by molar-refractivity contribution is 6.06. The molecule has 5 nitrogen and oxygen atoms in total. The maximum Gasteiger partial charge on any atom is 0.254 e. The Bertz CT molecular complexity index is 734. The van der Waals surface area contributed by atoms with Crippen LogP contribution in [0, 0.1) is 6.92 Å². The number of benzene rings is 1. The van der Waals surface area contributed by atoms with E-state index >= 15 is 0 Å². The first-order chi connectivity index (χ1) is 11.0. The van der Waals surface area contributed by atoms with Crippen LogP contribution in [0.15, 0.2) is 24.3 Å². The number of fused-ring (bicyclic) bond motifs is 1. The fraction of sp³-hybridized carbons (Fsp3) is 0.444. The molecule has 1 aliphatic rings. The van der Waals surface area contributed by atoms with Gasteiger partial charge in [-0.2, -0.15) is 0 Å². The summed E-state index contributed by atoms with van der Waals surface area (Å²) in [5.41, 5.74) is 2.38. The van der Waals surface area contributed by atoms with Crippen molar-refractivity contribution in [2.75, 3.05) is 20.2 Å². The summed E-state index contributed by atoms with van der Waals surface area (Å²) in [7, 11) is 1.63. The molecule has 122 valence electrons. The lowest BCUT2D eigenvalue weighted by Gasteiger charge is -2.36. The van der Waals surface area contributed by atoms with Crippen molar-refractivity contribution in [1.82, 2.24) is 15.2 Å². The summed E-state index contributed by atoms with van der Waals surface area (Å²) in [6, 6.07) is 8.14. The summed E-state index contributed by atoms with van der Waals surface area (Å²) in [5.74, 6) is 0.799. The average Bonchev–Trinajstić information content (AvgIpc) is 2.52. The highest BCUT2D eigenvalue weighted by Crippen LogP contribution is 2.25. The van der Waals surface area contributed by atoms with Gasteiger partial charge in [0.15, 0.2) is 0 Å². The molecule has 3 rings (SSSR count). The second-order valence-corrected chi connectivity index (χ2v) is 6.37. The minimum atomic E-state index is 0.0638. The van der Waals surface area contributed by atoms with Gasteiger partial charge in [-0.1, -0.05) is 0 Å². The second-order valence-electron chi connectivity index (χ2n) is 6.37. The van der Waals surface area contributed by atoms with Crippen molar-refractivity contribution in [3.63, 3.8) is 0 Å². The zero-order valence-corrected chi connectivity index (χ0v) is 14.1. The fourth-order valence-electron chi connectivity index (χ4n) is 3.30. The number of nitrogens with zero attached hydrogens (tertiary/aromatic N) is 2. The number of aryl methyl sites for hydroxylation is 1. The average molecular weight is 313 g/mol. The minimum Gasteiger partial charge on any atom is -0.497 e. The van der Waals surface area contributed by atoms with Gasteiger partial charge in [-0.25, -0.2) is 0 Å². The number of ether oxygens (including phenoxy) is 1. The van der Waals surface area contributed by atoms with E-state index in [0.717, 1.165) is 35.4 Å². The normalized spacial score (nSPS) is 21.5. The smallest absolute Gasteiger partial charge is 0.254 e. The molecular formula is C18H23N3O2. The van der Waals surface area contributed by atoms with Gasteiger partial charge in [-0.15, -0.1) is 0 Å². The molecule has 2 unspecified atom stereocenters. The van der Waals surface area contributed by atoms with Crippen LogP contribution in [0.1, 0.15) is 29.9 Å². The van der Waals surface area contributed by atoms with E-state index in [0.29, 0.717) is 17.6 Å². The molecule has 0 bridgehead atoms. The van der Waals surface area contributed by atoms with Crippen molar-refractivity contribution in [3.8, 4) is 5.75 Å². The monoisotopic (exact) mass is 313 g/mol. The molecule has 0 aliphatic carbocycles. The first-order valence-corrected chi connectivity index (χ1v) is 7.98. The highest BCUT2D eigenvalue weighted by Gasteiger charge is 2.26. The van der Waals surface area contributed by atoms with Crippen LogP contribution in [-0.4, -0.2) is 48.1 Å². The topological polar surface area (TPSA) is 54.5 Å². The molecule has 0 saturated carbocycles. The summed E-state index contributed by atoms with van der Waals surface area (Å²) < 4.78 is 5.30. The van der Waals surface area contributed by atoms with E-state index < -0.39 is 0 Å². The van der Waals surface area contributed by atoms with Crippen LogP contribution in [0.25, 0.3) is 10.9 Å². The quantitative estimate of drug-likeness (QED) is 0.925. The Labute approximate surface area is 136 Å². The Morgan fingerprint density at radius 3 is 2.61 bits per heavy atom. The van der Waals surface area contributed by atoms with Crippen LogP contribution >= 0.6 is 0 Å². The van der Waals surface area contributed by atoms with Gasteiger partial charge in [-0.3, -0.25) is 9.78 Å². The molecule has 1 N–H and O–H groups in total.